The summed E-state index contributed by atoms with van der Waals surface area (Å²) in [5.74, 6) is 3.13. The van der Waals surface area contributed by atoms with Crippen molar-refractivity contribution in [3.05, 3.63) is 0 Å². The van der Waals surface area contributed by atoms with Crippen molar-refractivity contribution in [3.63, 3.8) is 0 Å². The molecule has 1 N–H and O–H groups in total. The minimum Gasteiger partial charge on any atom is -0.356 e. The van der Waals surface area contributed by atoms with Crippen molar-refractivity contribution in [2.45, 2.75) is 50.3 Å². The van der Waals surface area contributed by atoms with Crippen molar-refractivity contribution in [2.75, 3.05) is 6.54 Å². The molecule has 0 heterocycles. The van der Waals surface area contributed by atoms with Crippen molar-refractivity contribution in [2.24, 2.45) is 23.7 Å². The number of rotatable bonds is 3. The molecule has 0 bridgehead atoms. The highest BCUT2D eigenvalue weighted by atomic mass is 35.5. The lowest BCUT2D eigenvalue weighted by atomic mass is 9.89. The van der Waals surface area contributed by atoms with E-state index in [-0.39, 0.29) is 0 Å². The number of carbonyl (C=O) groups is 1. The molecule has 96 valence electrons. The molecular weight excluding hydrogens is 234 g/mol. The molecular formula is C14H22ClNO. The van der Waals surface area contributed by atoms with Gasteiger partial charge in [0.1, 0.15) is 0 Å². The number of hydrogen-bond acceptors (Lipinski definition) is 1. The standard InChI is InChI=1S/C14H22ClNO/c15-13-3-1-9(2-4-13)8-16-14(17)12-6-10-5-11(10)7-12/h9-13H,1-8H2,(H,16,17). The molecule has 0 saturated heterocycles. The van der Waals surface area contributed by atoms with Crippen LogP contribution >= 0.6 is 11.6 Å². The van der Waals surface area contributed by atoms with E-state index in [1.54, 1.807) is 0 Å². The maximum atomic E-state index is 12.0. The van der Waals surface area contributed by atoms with Gasteiger partial charge in [0.2, 0.25) is 5.91 Å². The van der Waals surface area contributed by atoms with E-state index in [0.717, 1.165) is 44.1 Å². The number of halogens is 1. The van der Waals surface area contributed by atoms with E-state index < -0.39 is 0 Å². The molecule has 0 radical (unpaired) electrons. The van der Waals surface area contributed by atoms with Gasteiger partial charge < -0.3 is 5.32 Å². The van der Waals surface area contributed by atoms with Crippen LogP contribution in [0.25, 0.3) is 0 Å². The van der Waals surface area contributed by atoms with E-state index in [1.165, 1.54) is 19.3 Å². The summed E-state index contributed by atoms with van der Waals surface area (Å²) in [6, 6.07) is 0. The third-order valence-corrected chi connectivity index (χ3v) is 5.39. The smallest absolute Gasteiger partial charge is 0.223 e. The van der Waals surface area contributed by atoms with Crippen LogP contribution in [0.3, 0.4) is 0 Å². The number of nitrogens with one attached hydrogen (secondary N) is 1. The monoisotopic (exact) mass is 255 g/mol. The molecule has 0 spiro atoms. The lowest BCUT2D eigenvalue weighted by Crippen LogP contribution is -2.35. The quantitative estimate of drug-likeness (QED) is 0.772. The Morgan fingerprint density at radius 2 is 1.71 bits per heavy atom. The third kappa shape index (κ3) is 2.78. The van der Waals surface area contributed by atoms with E-state index in [4.69, 9.17) is 11.6 Å². The van der Waals surface area contributed by atoms with Gasteiger partial charge in [0, 0.05) is 17.8 Å². The second-order valence-corrected chi connectivity index (χ2v) is 6.90. The highest BCUT2D eigenvalue weighted by Gasteiger charge is 2.47. The average molecular weight is 256 g/mol. The summed E-state index contributed by atoms with van der Waals surface area (Å²) < 4.78 is 0. The maximum Gasteiger partial charge on any atom is 0.223 e. The second-order valence-electron chi connectivity index (χ2n) is 6.29. The molecule has 2 nitrogen and oxygen atoms in total. The predicted octanol–water partition coefficient (Wildman–Crippen LogP) is 2.95. The van der Waals surface area contributed by atoms with Crippen LogP contribution in [0.15, 0.2) is 0 Å². The van der Waals surface area contributed by atoms with Gasteiger partial charge in [0.15, 0.2) is 0 Å². The molecule has 0 aromatic carbocycles. The molecule has 3 aliphatic carbocycles. The van der Waals surface area contributed by atoms with Gasteiger partial charge in [0.25, 0.3) is 0 Å². The number of hydrogen-bond donors (Lipinski definition) is 1. The normalized spacial score (nSPS) is 44.2. The van der Waals surface area contributed by atoms with Gasteiger partial charge in [-0.1, -0.05) is 0 Å². The molecule has 3 heteroatoms. The first-order valence-electron chi connectivity index (χ1n) is 7.14. The van der Waals surface area contributed by atoms with E-state index in [9.17, 15) is 4.79 Å². The molecule has 3 saturated carbocycles. The number of fused-ring (bicyclic) bond motifs is 1. The van der Waals surface area contributed by atoms with Crippen molar-refractivity contribution < 1.29 is 4.79 Å². The molecule has 0 aliphatic heterocycles. The first-order valence-corrected chi connectivity index (χ1v) is 7.58. The average Bonchev–Trinajstić information content (AvgIpc) is 2.95. The minimum absolute atomic E-state index is 0.324. The predicted molar refractivity (Wildman–Crippen MR) is 68.9 cm³/mol. The van der Waals surface area contributed by atoms with Crippen LogP contribution in [0.5, 0.6) is 0 Å². The Balaban J connectivity index is 1.37. The fourth-order valence-corrected chi connectivity index (χ4v) is 3.90. The van der Waals surface area contributed by atoms with Crippen LogP contribution in [0.1, 0.15) is 44.9 Å². The number of carbonyl (C=O) groups excluding carboxylic acids is 1. The largest absolute Gasteiger partial charge is 0.356 e. The molecule has 3 rings (SSSR count). The van der Waals surface area contributed by atoms with Gasteiger partial charge in [-0.3, -0.25) is 4.79 Å². The Bertz CT molecular complexity index is 289. The van der Waals surface area contributed by atoms with Gasteiger partial charge in [-0.2, -0.15) is 0 Å². The van der Waals surface area contributed by atoms with Crippen LogP contribution < -0.4 is 5.32 Å². The Morgan fingerprint density at radius 1 is 1.06 bits per heavy atom. The molecule has 3 aliphatic rings. The summed E-state index contributed by atoms with van der Waals surface area (Å²) in [6.45, 7) is 0.883. The summed E-state index contributed by atoms with van der Waals surface area (Å²) in [4.78, 5) is 12.0. The molecule has 17 heavy (non-hydrogen) atoms. The van der Waals surface area contributed by atoms with Crippen LogP contribution in [-0.4, -0.2) is 17.8 Å². The summed E-state index contributed by atoms with van der Waals surface area (Å²) in [7, 11) is 0. The Hall–Kier alpha value is -0.240. The third-order valence-electron chi connectivity index (χ3n) is 4.96. The van der Waals surface area contributed by atoms with Crippen molar-refractivity contribution >= 4 is 17.5 Å². The van der Waals surface area contributed by atoms with E-state index in [2.05, 4.69) is 5.32 Å². The first-order chi connectivity index (χ1) is 8.22. The van der Waals surface area contributed by atoms with Crippen LogP contribution in [0.4, 0.5) is 0 Å². The topological polar surface area (TPSA) is 29.1 Å². The molecule has 1 amide bonds. The number of amides is 1. The Kier molecular flexibility index (Phi) is 3.34. The zero-order valence-corrected chi connectivity index (χ0v) is 11.1. The van der Waals surface area contributed by atoms with Crippen LogP contribution in [0.2, 0.25) is 0 Å². The lowest BCUT2D eigenvalue weighted by molar-refractivity contribution is -0.125. The zero-order valence-electron chi connectivity index (χ0n) is 10.3. The van der Waals surface area contributed by atoms with E-state index >= 15 is 0 Å². The fourth-order valence-electron chi connectivity index (χ4n) is 3.64. The summed E-state index contributed by atoms with van der Waals surface area (Å²) in [5.41, 5.74) is 0. The zero-order chi connectivity index (χ0) is 11.8. The first kappa shape index (κ1) is 11.8. The van der Waals surface area contributed by atoms with Gasteiger partial charge in [-0.15, -0.1) is 11.6 Å². The summed E-state index contributed by atoms with van der Waals surface area (Å²) in [5, 5.41) is 3.55. The molecule has 3 fully saturated rings. The lowest BCUT2D eigenvalue weighted by Gasteiger charge is -2.25. The fraction of sp³-hybridized carbons (Fsp3) is 0.929. The van der Waals surface area contributed by atoms with Crippen LogP contribution in [-0.2, 0) is 4.79 Å². The summed E-state index contributed by atoms with van der Waals surface area (Å²) in [6.07, 6.45) is 8.32. The van der Waals surface area contributed by atoms with Crippen molar-refractivity contribution in [1.29, 1.82) is 0 Å². The molecule has 2 atom stereocenters. The van der Waals surface area contributed by atoms with Gasteiger partial charge >= 0.3 is 0 Å². The van der Waals surface area contributed by atoms with Crippen molar-refractivity contribution in [3.8, 4) is 0 Å². The van der Waals surface area contributed by atoms with Gasteiger partial charge in [-0.05, 0) is 62.7 Å². The number of alkyl halides is 1. The van der Waals surface area contributed by atoms with Gasteiger partial charge in [-0.25, -0.2) is 0 Å². The Morgan fingerprint density at radius 3 is 2.35 bits per heavy atom. The van der Waals surface area contributed by atoms with E-state index in [1.807, 2.05) is 0 Å². The second kappa shape index (κ2) is 4.79. The molecule has 0 aromatic rings. The van der Waals surface area contributed by atoms with Crippen molar-refractivity contribution in [1.82, 2.24) is 5.32 Å². The highest BCUT2D eigenvalue weighted by molar-refractivity contribution is 6.20. The maximum absolute atomic E-state index is 12.0. The molecule has 2 unspecified atom stereocenters. The van der Waals surface area contributed by atoms with Crippen LogP contribution in [0, 0.1) is 23.7 Å². The minimum atomic E-state index is 0.324. The molecule has 0 aromatic heterocycles. The SMILES string of the molecule is O=C(NCC1CCC(Cl)CC1)C1CC2CC2C1. The van der Waals surface area contributed by atoms with Gasteiger partial charge in [0.05, 0.1) is 0 Å². The Labute approximate surface area is 108 Å². The summed E-state index contributed by atoms with van der Waals surface area (Å²) >= 11 is 6.08. The highest BCUT2D eigenvalue weighted by Crippen LogP contribution is 2.54. The van der Waals surface area contributed by atoms with E-state index in [0.29, 0.717) is 23.1 Å².